The molecule has 0 spiro atoms. The average Bonchev–Trinajstić information content (AvgIpc) is 2.43. The van der Waals surface area contributed by atoms with Crippen molar-refractivity contribution in [3.63, 3.8) is 0 Å². The van der Waals surface area contributed by atoms with Crippen LogP contribution in [0.25, 0.3) is 0 Å². The summed E-state index contributed by atoms with van der Waals surface area (Å²) in [6, 6.07) is 5.90. The monoisotopic (exact) mass is 359 g/mol. The van der Waals surface area contributed by atoms with E-state index in [2.05, 4.69) is 15.9 Å². The summed E-state index contributed by atoms with van der Waals surface area (Å²) in [5.74, 6) is -1.81. The summed E-state index contributed by atoms with van der Waals surface area (Å²) in [6.45, 7) is 1.35. The van der Waals surface area contributed by atoms with E-state index in [0.29, 0.717) is 5.56 Å². The lowest BCUT2D eigenvalue weighted by Gasteiger charge is -2.15. The summed E-state index contributed by atoms with van der Waals surface area (Å²) < 4.78 is 46.2. The third-order valence-corrected chi connectivity index (χ3v) is 3.59. The molecule has 2 nitrogen and oxygen atoms in total. The van der Waals surface area contributed by atoms with Crippen LogP contribution in [-0.2, 0) is 6.61 Å². The molecular formula is C15H13BrF3NO. The lowest BCUT2D eigenvalue weighted by molar-refractivity contribution is 0.286. The van der Waals surface area contributed by atoms with Gasteiger partial charge in [-0.3, -0.25) is 0 Å². The highest BCUT2D eigenvalue weighted by atomic mass is 79.9. The standard InChI is InChI=1S/C15H13BrF3NO/c1-8(20)10-3-2-9(17)6-14(10)21-7-11-13(18)5-4-12(16)15(11)19/h2-6,8H,7,20H2,1H3/t8-/m0/s1. The molecule has 0 saturated carbocycles. The fourth-order valence-corrected chi connectivity index (χ4v) is 2.23. The van der Waals surface area contributed by atoms with Gasteiger partial charge in [0.1, 0.15) is 29.8 Å². The summed E-state index contributed by atoms with van der Waals surface area (Å²) >= 11 is 2.98. The molecule has 0 unspecified atom stereocenters. The Balaban J connectivity index is 2.29. The van der Waals surface area contributed by atoms with E-state index in [4.69, 9.17) is 10.5 Å². The van der Waals surface area contributed by atoms with Gasteiger partial charge in [-0.2, -0.15) is 0 Å². The predicted molar refractivity (Wildman–Crippen MR) is 77.4 cm³/mol. The molecule has 0 aliphatic heterocycles. The highest BCUT2D eigenvalue weighted by molar-refractivity contribution is 9.10. The molecule has 0 amide bonds. The van der Waals surface area contributed by atoms with E-state index >= 15 is 0 Å². The summed E-state index contributed by atoms with van der Waals surface area (Å²) in [4.78, 5) is 0. The van der Waals surface area contributed by atoms with Gasteiger partial charge >= 0.3 is 0 Å². The lowest BCUT2D eigenvalue weighted by Crippen LogP contribution is -2.09. The van der Waals surface area contributed by atoms with Gasteiger partial charge in [0.05, 0.1) is 10.0 Å². The first kappa shape index (κ1) is 15.9. The third kappa shape index (κ3) is 3.57. The van der Waals surface area contributed by atoms with Crippen molar-refractivity contribution >= 4 is 15.9 Å². The molecule has 112 valence electrons. The summed E-state index contributed by atoms with van der Waals surface area (Å²) in [7, 11) is 0. The Kier molecular flexibility index (Phi) is 4.90. The smallest absolute Gasteiger partial charge is 0.146 e. The quantitative estimate of drug-likeness (QED) is 0.817. The highest BCUT2D eigenvalue weighted by Crippen LogP contribution is 2.27. The third-order valence-electron chi connectivity index (χ3n) is 2.98. The lowest BCUT2D eigenvalue weighted by atomic mass is 10.1. The maximum absolute atomic E-state index is 13.8. The molecule has 2 rings (SSSR count). The highest BCUT2D eigenvalue weighted by Gasteiger charge is 2.15. The first-order valence-corrected chi connectivity index (χ1v) is 6.99. The number of halogens is 4. The molecule has 0 aromatic heterocycles. The van der Waals surface area contributed by atoms with Crippen molar-refractivity contribution in [1.29, 1.82) is 0 Å². The van der Waals surface area contributed by atoms with Crippen molar-refractivity contribution in [2.24, 2.45) is 5.73 Å². The minimum atomic E-state index is -0.742. The Morgan fingerprint density at radius 3 is 2.57 bits per heavy atom. The molecular weight excluding hydrogens is 347 g/mol. The van der Waals surface area contributed by atoms with E-state index in [1.807, 2.05) is 0 Å². The molecule has 2 aromatic rings. The van der Waals surface area contributed by atoms with Gasteiger partial charge in [-0.05, 0) is 41.1 Å². The van der Waals surface area contributed by atoms with Crippen LogP contribution in [0.4, 0.5) is 13.2 Å². The molecule has 0 saturated heterocycles. The SMILES string of the molecule is C[C@H](N)c1ccc(F)cc1OCc1c(F)ccc(Br)c1F. The molecule has 2 aromatic carbocycles. The number of rotatable bonds is 4. The van der Waals surface area contributed by atoms with E-state index in [1.165, 1.54) is 18.2 Å². The van der Waals surface area contributed by atoms with Crippen LogP contribution in [0.1, 0.15) is 24.1 Å². The molecule has 0 aliphatic rings. The maximum Gasteiger partial charge on any atom is 0.146 e. The van der Waals surface area contributed by atoms with Gasteiger partial charge in [0.15, 0.2) is 0 Å². The van der Waals surface area contributed by atoms with Crippen LogP contribution >= 0.6 is 15.9 Å². The molecule has 1 atom stereocenters. The second-order valence-electron chi connectivity index (χ2n) is 4.58. The summed E-state index contributed by atoms with van der Waals surface area (Å²) in [5.41, 5.74) is 6.09. The van der Waals surface area contributed by atoms with E-state index in [0.717, 1.165) is 12.1 Å². The average molecular weight is 360 g/mol. The molecule has 0 bridgehead atoms. The topological polar surface area (TPSA) is 35.2 Å². The Labute approximate surface area is 128 Å². The number of ether oxygens (including phenoxy) is 1. The molecule has 2 N–H and O–H groups in total. The molecule has 0 fully saturated rings. The summed E-state index contributed by atoms with van der Waals surface area (Å²) in [5, 5.41) is 0. The zero-order valence-corrected chi connectivity index (χ0v) is 12.8. The van der Waals surface area contributed by atoms with Gasteiger partial charge in [-0.15, -0.1) is 0 Å². The fourth-order valence-electron chi connectivity index (χ4n) is 1.86. The maximum atomic E-state index is 13.8. The molecule has 6 heteroatoms. The number of hydrogen-bond acceptors (Lipinski definition) is 2. The number of hydrogen-bond donors (Lipinski definition) is 1. The van der Waals surface area contributed by atoms with Crippen LogP contribution in [0, 0.1) is 17.5 Å². The Morgan fingerprint density at radius 2 is 1.90 bits per heavy atom. The van der Waals surface area contributed by atoms with Crippen molar-refractivity contribution in [2.75, 3.05) is 0 Å². The number of nitrogens with two attached hydrogens (primary N) is 1. The van der Waals surface area contributed by atoms with Gasteiger partial charge in [0.25, 0.3) is 0 Å². The van der Waals surface area contributed by atoms with Crippen molar-refractivity contribution in [3.8, 4) is 5.75 Å². The second-order valence-corrected chi connectivity index (χ2v) is 5.44. The Hall–Kier alpha value is -1.53. The molecule has 0 radical (unpaired) electrons. The van der Waals surface area contributed by atoms with Crippen LogP contribution < -0.4 is 10.5 Å². The number of benzene rings is 2. The molecule has 0 heterocycles. The van der Waals surface area contributed by atoms with Gasteiger partial charge < -0.3 is 10.5 Å². The normalized spacial score (nSPS) is 12.3. The van der Waals surface area contributed by atoms with Crippen molar-refractivity contribution < 1.29 is 17.9 Å². The van der Waals surface area contributed by atoms with Crippen LogP contribution in [0.15, 0.2) is 34.8 Å². The van der Waals surface area contributed by atoms with Gasteiger partial charge in [-0.25, -0.2) is 13.2 Å². The second kappa shape index (κ2) is 6.49. The van der Waals surface area contributed by atoms with Gasteiger partial charge in [0.2, 0.25) is 0 Å². The molecule has 0 aliphatic carbocycles. The van der Waals surface area contributed by atoms with Crippen molar-refractivity contribution in [1.82, 2.24) is 0 Å². The van der Waals surface area contributed by atoms with Crippen molar-refractivity contribution in [2.45, 2.75) is 19.6 Å². The van der Waals surface area contributed by atoms with Gasteiger partial charge in [0, 0.05) is 17.7 Å². The Bertz CT molecular complexity index is 662. The zero-order chi connectivity index (χ0) is 15.6. The molecule has 21 heavy (non-hydrogen) atoms. The van der Waals surface area contributed by atoms with E-state index in [9.17, 15) is 13.2 Å². The summed E-state index contributed by atoms with van der Waals surface area (Å²) in [6.07, 6.45) is 0. The first-order chi connectivity index (χ1) is 9.90. The predicted octanol–water partition coefficient (Wildman–Crippen LogP) is 4.47. The zero-order valence-electron chi connectivity index (χ0n) is 11.2. The van der Waals surface area contributed by atoms with E-state index < -0.39 is 23.5 Å². The van der Waals surface area contributed by atoms with Crippen molar-refractivity contribution in [3.05, 3.63) is 63.4 Å². The van der Waals surface area contributed by atoms with E-state index in [-0.39, 0.29) is 22.4 Å². The fraction of sp³-hybridized carbons (Fsp3) is 0.200. The minimum Gasteiger partial charge on any atom is -0.488 e. The van der Waals surface area contributed by atoms with E-state index in [1.54, 1.807) is 6.92 Å². The van der Waals surface area contributed by atoms with Crippen LogP contribution in [0.5, 0.6) is 5.75 Å². The Morgan fingerprint density at radius 1 is 1.19 bits per heavy atom. The van der Waals surface area contributed by atoms with Crippen LogP contribution in [-0.4, -0.2) is 0 Å². The first-order valence-electron chi connectivity index (χ1n) is 6.20. The van der Waals surface area contributed by atoms with Crippen LogP contribution in [0.2, 0.25) is 0 Å². The van der Waals surface area contributed by atoms with Gasteiger partial charge in [-0.1, -0.05) is 6.07 Å². The minimum absolute atomic E-state index is 0.133. The largest absolute Gasteiger partial charge is 0.488 e. The van der Waals surface area contributed by atoms with Crippen LogP contribution in [0.3, 0.4) is 0 Å².